The molecular weight excluding hydrogens is 328 g/mol. The summed E-state index contributed by atoms with van der Waals surface area (Å²) in [5, 5.41) is 13.2. The SMILES string of the molecule is CCC.Cc1ccc(C(C#N)NC(c2ccccc2)c2ccccc2)cc1. The van der Waals surface area contributed by atoms with Gasteiger partial charge in [-0.25, -0.2) is 0 Å². The summed E-state index contributed by atoms with van der Waals surface area (Å²) in [4.78, 5) is 0. The molecule has 2 nitrogen and oxygen atoms in total. The molecule has 0 aliphatic rings. The van der Waals surface area contributed by atoms with E-state index in [4.69, 9.17) is 0 Å². The fourth-order valence-corrected chi connectivity index (χ4v) is 2.81. The first-order valence-corrected chi connectivity index (χ1v) is 9.51. The standard InChI is InChI=1S/C22H20N2.C3H8/c1-17-12-14-18(15-13-17)21(16-23)24-22(19-8-4-2-5-9-19)20-10-6-3-7-11-20;1-3-2/h2-15,21-22,24H,1H3;3H2,1-2H3. The molecule has 0 saturated carbocycles. The summed E-state index contributed by atoms with van der Waals surface area (Å²) in [7, 11) is 0. The van der Waals surface area contributed by atoms with Crippen molar-refractivity contribution >= 4 is 0 Å². The fourth-order valence-electron chi connectivity index (χ4n) is 2.81. The summed E-state index contributed by atoms with van der Waals surface area (Å²) >= 11 is 0. The molecule has 138 valence electrons. The molecule has 1 unspecified atom stereocenters. The van der Waals surface area contributed by atoms with E-state index < -0.39 is 0 Å². The number of aryl methyl sites for hydroxylation is 1. The largest absolute Gasteiger partial charge is 0.287 e. The van der Waals surface area contributed by atoms with Gasteiger partial charge >= 0.3 is 0 Å². The maximum atomic E-state index is 9.68. The van der Waals surface area contributed by atoms with Gasteiger partial charge in [0, 0.05) is 0 Å². The van der Waals surface area contributed by atoms with Crippen molar-refractivity contribution in [2.75, 3.05) is 0 Å². The molecule has 3 aromatic carbocycles. The molecule has 0 aliphatic heterocycles. The average Bonchev–Trinajstić information content (AvgIpc) is 2.72. The van der Waals surface area contributed by atoms with Gasteiger partial charge in [-0.05, 0) is 23.6 Å². The van der Waals surface area contributed by atoms with Crippen LogP contribution >= 0.6 is 0 Å². The summed E-state index contributed by atoms with van der Waals surface area (Å²) in [6.07, 6.45) is 1.25. The monoisotopic (exact) mass is 356 g/mol. The van der Waals surface area contributed by atoms with Crippen molar-refractivity contribution in [2.24, 2.45) is 0 Å². The summed E-state index contributed by atoms with van der Waals surface area (Å²) in [5.41, 5.74) is 4.48. The van der Waals surface area contributed by atoms with Gasteiger partial charge in [-0.2, -0.15) is 5.26 Å². The van der Waals surface area contributed by atoms with Crippen LogP contribution in [0.1, 0.15) is 54.6 Å². The van der Waals surface area contributed by atoms with Crippen molar-refractivity contribution in [3.05, 3.63) is 107 Å². The molecule has 1 N–H and O–H groups in total. The maximum absolute atomic E-state index is 9.68. The highest BCUT2D eigenvalue weighted by Gasteiger charge is 2.19. The van der Waals surface area contributed by atoms with Crippen molar-refractivity contribution in [2.45, 2.75) is 39.3 Å². The lowest BCUT2D eigenvalue weighted by Gasteiger charge is -2.23. The summed E-state index contributed by atoms with van der Waals surface area (Å²) in [5.74, 6) is 0. The molecule has 0 bridgehead atoms. The van der Waals surface area contributed by atoms with Gasteiger partial charge < -0.3 is 0 Å². The molecule has 2 heteroatoms. The predicted molar refractivity (Wildman–Crippen MR) is 113 cm³/mol. The third-order valence-electron chi connectivity index (χ3n) is 4.14. The van der Waals surface area contributed by atoms with Crippen LogP contribution in [0.4, 0.5) is 0 Å². The Morgan fingerprint density at radius 1 is 0.741 bits per heavy atom. The van der Waals surface area contributed by atoms with Crippen LogP contribution in [0.15, 0.2) is 84.9 Å². The molecule has 0 fully saturated rings. The number of nitrogens with one attached hydrogen (secondary N) is 1. The first-order valence-electron chi connectivity index (χ1n) is 9.51. The summed E-state index contributed by atoms with van der Waals surface area (Å²) in [6, 6.07) is 30.6. The van der Waals surface area contributed by atoms with Crippen LogP contribution in [0.25, 0.3) is 0 Å². The van der Waals surface area contributed by atoms with Crippen molar-refractivity contribution < 1.29 is 0 Å². The number of hydrogen-bond donors (Lipinski definition) is 1. The maximum Gasteiger partial charge on any atom is 0.122 e. The summed E-state index contributed by atoms with van der Waals surface area (Å²) in [6.45, 7) is 6.30. The molecule has 0 spiro atoms. The number of rotatable bonds is 5. The predicted octanol–water partition coefficient (Wildman–Crippen LogP) is 6.36. The van der Waals surface area contributed by atoms with E-state index in [0.717, 1.165) is 16.7 Å². The molecule has 0 aromatic heterocycles. The highest BCUT2D eigenvalue weighted by atomic mass is 15.0. The van der Waals surface area contributed by atoms with Crippen molar-refractivity contribution in [3.63, 3.8) is 0 Å². The third-order valence-corrected chi connectivity index (χ3v) is 4.14. The lowest BCUT2D eigenvalue weighted by Crippen LogP contribution is -2.26. The zero-order valence-electron chi connectivity index (χ0n) is 16.4. The number of nitriles is 1. The van der Waals surface area contributed by atoms with Crippen LogP contribution in [-0.2, 0) is 0 Å². The van der Waals surface area contributed by atoms with E-state index in [1.807, 2.05) is 60.7 Å². The van der Waals surface area contributed by atoms with E-state index in [1.165, 1.54) is 12.0 Å². The average molecular weight is 357 g/mol. The molecule has 0 aliphatic carbocycles. The van der Waals surface area contributed by atoms with Crippen LogP contribution in [0.3, 0.4) is 0 Å². The van der Waals surface area contributed by atoms with Gasteiger partial charge in [-0.15, -0.1) is 0 Å². The molecule has 0 saturated heterocycles. The van der Waals surface area contributed by atoms with Crippen LogP contribution < -0.4 is 5.32 Å². The fraction of sp³-hybridized carbons (Fsp3) is 0.240. The first kappa shape index (κ1) is 20.4. The highest BCUT2D eigenvalue weighted by Crippen LogP contribution is 2.26. The van der Waals surface area contributed by atoms with E-state index in [1.54, 1.807) is 0 Å². The topological polar surface area (TPSA) is 35.8 Å². The Morgan fingerprint density at radius 3 is 1.59 bits per heavy atom. The van der Waals surface area contributed by atoms with Gasteiger partial charge in [0.15, 0.2) is 0 Å². The zero-order chi connectivity index (χ0) is 19.5. The normalized spacial score (nSPS) is 11.2. The molecule has 3 rings (SSSR count). The number of nitrogens with zero attached hydrogens (tertiary/aromatic N) is 1. The Bertz CT molecular complexity index is 778. The first-order chi connectivity index (χ1) is 13.2. The van der Waals surface area contributed by atoms with E-state index >= 15 is 0 Å². The lowest BCUT2D eigenvalue weighted by atomic mass is 9.96. The summed E-state index contributed by atoms with van der Waals surface area (Å²) < 4.78 is 0. The lowest BCUT2D eigenvalue weighted by molar-refractivity contribution is 0.559. The Labute approximate surface area is 163 Å². The van der Waals surface area contributed by atoms with Crippen LogP contribution in [-0.4, -0.2) is 0 Å². The second-order valence-electron chi connectivity index (χ2n) is 6.60. The van der Waals surface area contributed by atoms with E-state index in [0.29, 0.717) is 0 Å². The van der Waals surface area contributed by atoms with Crippen molar-refractivity contribution in [3.8, 4) is 6.07 Å². The molecule has 1 atom stereocenters. The second kappa shape index (κ2) is 11.0. The zero-order valence-corrected chi connectivity index (χ0v) is 16.4. The Morgan fingerprint density at radius 2 is 1.19 bits per heavy atom. The Balaban J connectivity index is 0.000000817. The molecule has 27 heavy (non-hydrogen) atoms. The molecular formula is C25H28N2. The van der Waals surface area contributed by atoms with Crippen molar-refractivity contribution in [1.82, 2.24) is 5.32 Å². The van der Waals surface area contributed by atoms with Gasteiger partial charge in [0.05, 0.1) is 12.1 Å². The van der Waals surface area contributed by atoms with Gasteiger partial charge in [0.1, 0.15) is 6.04 Å². The minimum Gasteiger partial charge on any atom is -0.287 e. The van der Waals surface area contributed by atoms with Crippen LogP contribution in [0.2, 0.25) is 0 Å². The van der Waals surface area contributed by atoms with Gasteiger partial charge in [-0.3, -0.25) is 5.32 Å². The molecule has 3 aromatic rings. The minimum absolute atomic E-state index is 0.0293. The second-order valence-corrected chi connectivity index (χ2v) is 6.60. The molecule has 0 heterocycles. The van der Waals surface area contributed by atoms with Crippen LogP contribution in [0, 0.1) is 18.3 Å². The highest BCUT2D eigenvalue weighted by molar-refractivity contribution is 5.34. The molecule has 0 amide bonds. The van der Waals surface area contributed by atoms with E-state index in [-0.39, 0.29) is 12.1 Å². The van der Waals surface area contributed by atoms with Gasteiger partial charge in [-0.1, -0.05) is 111 Å². The van der Waals surface area contributed by atoms with E-state index in [2.05, 4.69) is 56.4 Å². The number of hydrogen-bond acceptors (Lipinski definition) is 2. The van der Waals surface area contributed by atoms with Crippen molar-refractivity contribution in [1.29, 1.82) is 5.26 Å². The third kappa shape index (κ3) is 6.09. The minimum atomic E-state index is -0.365. The quantitative estimate of drug-likeness (QED) is 0.578. The Hall–Kier alpha value is -2.89. The van der Waals surface area contributed by atoms with Crippen LogP contribution in [0.5, 0.6) is 0 Å². The van der Waals surface area contributed by atoms with Gasteiger partial charge in [0.2, 0.25) is 0 Å². The Kier molecular flexibility index (Phi) is 8.29. The van der Waals surface area contributed by atoms with E-state index in [9.17, 15) is 5.26 Å². The number of benzene rings is 3. The molecule has 0 radical (unpaired) electrons. The smallest absolute Gasteiger partial charge is 0.122 e. The van der Waals surface area contributed by atoms with Gasteiger partial charge in [0.25, 0.3) is 0 Å².